The van der Waals surface area contributed by atoms with Crippen LogP contribution in [-0.2, 0) is 9.59 Å². The van der Waals surface area contributed by atoms with Gasteiger partial charge in [0, 0.05) is 5.56 Å². The van der Waals surface area contributed by atoms with Gasteiger partial charge in [-0.15, -0.1) is 0 Å². The molecule has 4 aromatic rings. The molecule has 9 heteroatoms. The van der Waals surface area contributed by atoms with E-state index in [9.17, 15) is 14.7 Å². The van der Waals surface area contributed by atoms with E-state index < -0.39 is 17.7 Å². The van der Waals surface area contributed by atoms with Crippen LogP contribution in [-0.4, -0.2) is 42.1 Å². The van der Waals surface area contributed by atoms with Crippen LogP contribution in [0.25, 0.3) is 16.0 Å². The second-order valence-electron chi connectivity index (χ2n) is 8.87. The molecule has 200 valence electrons. The van der Waals surface area contributed by atoms with E-state index in [1.54, 1.807) is 67.8 Å². The third-order valence-electron chi connectivity index (χ3n) is 6.34. The van der Waals surface area contributed by atoms with Crippen LogP contribution in [0, 0.1) is 0 Å². The Hall–Kier alpha value is -4.37. The normalized spacial score (nSPS) is 16.6. The predicted octanol–water partition coefficient (Wildman–Crippen LogP) is 6.12. The van der Waals surface area contributed by atoms with Crippen LogP contribution in [0.2, 0.25) is 0 Å². The van der Waals surface area contributed by atoms with E-state index in [1.807, 2.05) is 19.9 Å². The molecule has 1 amide bonds. The lowest BCUT2D eigenvalue weighted by Gasteiger charge is -2.23. The minimum absolute atomic E-state index is 0.0109. The minimum Gasteiger partial charge on any atom is -0.507 e. The van der Waals surface area contributed by atoms with Crippen LogP contribution in [0.3, 0.4) is 0 Å². The summed E-state index contributed by atoms with van der Waals surface area (Å²) in [6.45, 7) is 4.98. The van der Waals surface area contributed by atoms with Crippen molar-refractivity contribution < 1.29 is 28.9 Å². The monoisotopic (exact) mass is 544 g/mol. The number of hydrogen-bond acceptors (Lipinski definition) is 8. The average Bonchev–Trinajstić information content (AvgIpc) is 3.49. The zero-order chi connectivity index (χ0) is 27.5. The highest BCUT2D eigenvalue weighted by molar-refractivity contribution is 7.22. The van der Waals surface area contributed by atoms with E-state index in [0.29, 0.717) is 52.2 Å². The molecule has 2 heterocycles. The number of nitrogens with zero attached hydrogens (tertiary/aromatic N) is 2. The Morgan fingerprint density at radius 3 is 2.28 bits per heavy atom. The molecule has 0 saturated carbocycles. The number of benzene rings is 3. The minimum atomic E-state index is -0.890. The van der Waals surface area contributed by atoms with Gasteiger partial charge in [-0.05, 0) is 73.5 Å². The number of thiazole rings is 1. The molecule has 1 saturated heterocycles. The fourth-order valence-corrected chi connectivity index (χ4v) is 5.49. The first-order valence-corrected chi connectivity index (χ1v) is 13.5. The van der Waals surface area contributed by atoms with Crippen molar-refractivity contribution in [1.29, 1.82) is 0 Å². The van der Waals surface area contributed by atoms with Crippen molar-refractivity contribution in [3.05, 3.63) is 83.4 Å². The van der Waals surface area contributed by atoms with Crippen LogP contribution in [0.1, 0.15) is 37.4 Å². The topological polar surface area (TPSA) is 98.2 Å². The maximum Gasteiger partial charge on any atom is 0.301 e. The third kappa shape index (κ3) is 5.05. The molecule has 1 fully saturated rings. The highest BCUT2D eigenvalue weighted by Gasteiger charge is 2.48. The molecule has 1 aliphatic heterocycles. The van der Waals surface area contributed by atoms with Gasteiger partial charge in [0.1, 0.15) is 23.0 Å². The summed E-state index contributed by atoms with van der Waals surface area (Å²) in [5, 5.41) is 11.7. The zero-order valence-corrected chi connectivity index (χ0v) is 22.7. The fraction of sp³-hybridized carbons (Fsp3) is 0.233. The molecule has 0 spiro atoms. The molecule has 39 heavy (non-hydrogen) atoms. The zero-order valence-electron chi connectivity index (χ0n) is 21.8. The lowest BCUT2D eigenvalue weighted by atomic mass is 9.95. The Kier molecular flexibility index (Phi) is 7.51. The second-order valence-corrected chi connectivity index (χ2v) is 9.88. The van der Waals surface area contributed by atoms with Gasteiger partial charge in [-0.2, -0.15) is 0 Å². The van der Waals surface area contributed by atoms with Gasteiger partial charge < -0.3 is 19.3 Å². The van der Waals surface area contributed by atoms with E-state index >= 15 is 0 Å². The summed E-state index contributed by atoms with van der Waals surface area (Å²) in [5.74, 6) is 0.168. The highest BCUT2D eigenvalue weighted by atomic mass is 32.1. The molecule has 3 aromatic carbocycles. The second kappa shape index (κ2) is 11.2. The number of anilines is 1. The van der Waals surface area contributed by atoms with E-state index in [4.69, 9.17) is 14.2 Å². The number of carbonyl (C=O) groups is 2. The van der Waals surface area contributed by atoms with Crippen molar-refractivity contribution in [2.75, 3.05) is 25.2 Å². The number of hydrogen-bond donors (Lipinski definition) is 1. The van der Waals surface area contributed by atoms with Gasteiger partial charge in [0.25, 0.3) is 5.78 Å². The number of carbonyl (C=O) groups excluding carboxylic acids is 2. The number of ether oxygens (including phenoxy) is 3. The van der Waals surface area contributed by atoms with Gasteiger partial charge in [0.05, 0.1) is 42.2 Å². The number of aromatic nitrogens is 1. The van der Waals surface area contributed by atoms with Crippen LogP contribution in [0.15, 0.2) is 72.3 Å². The van der Waals surface area contributed by atoms with Gasteiger partial charge in [-0.3, -0.25) is 14.5 Å². The molecule has 0 radical (unpaired) electrons. The molecule has 0 bridgehead atoms. The molecular weight excluding hydrogens is 516 g/mol. The fourth-order valence-electron chi connectivity index (χ4n) is 4.47. The molecule has 1 aromatic heterocycles. The van der Waals surface area contributed by atoms with Crippen molar-refractivity contribution in [3.8, 4) is 17.2 Å². The van der Waals surface area contributed by atoms with E-state index in [2.05, 4.69) is 4.98 Å². The third-order valence-corrected chi connectivity index (χ3v) is 7.36. The van der Waals surface area contributed by atoms with Crippen LogP contribution < -0.4 is 19.1 Å². The predicted molar refractivity (Wildman–Crippen MR) is 151 cm³/mol. The van der Waals surface area contributed by atoms with Crippen molar-refractivity contribution >= 4 is 44.1 Å². The number of methoxy groups -OCH3 is 1. The number of rotatable bonds is 9. The van der Waals surface area contributed by atoms with E-state index in [-0.39, 0.29) is 11.3 Å². The summed E-state index contributed by atoms with van der Waals surface area (Å²) in [6.07, 6.45) is 0.867. The maximum atomic E-state index is 13.5. The van der Waals surface area contributed by atoms with Gasteiger partial charge in [-0.1, -0.05) is 30.4 Å². The van der Waals surface area contributed by atoms with Crippen molar-refractivity contribution in [2.24, 2.45) is 0 Å². The van der Waals surface area contributed by atoms with Crippen LogP contribution >= 0.6 is 11.3 Å². The summed E-state index contributed by atoms with van der Waals surface area (Å²) in [6, 6.07) is 18.5. The van der Waals surface area contributed by atoms with Crippen LogP contribution in [0.5, 0.6) is 17.2 Å². The number of aliphatic hydroxyl groups is 1. The Bertz CT molecular complexity index is 1540. The molecule has 1 N–H and O–H groups in total. The molecule has 1 unspecified atom stereocenters. The number of fused-ring (bicyclic) bond motifs is 1. The Labute approximate surface area is 230 Å². The first-order chi connectivity index (χ1) is 18.9. The molecule has 5 rings (SSSR count). The number of ketones is 1. The summed E-state index contributed by atoms with van der Waals surface area (Å²) in [7, 11) is 1.58. The van der Waals surface area contributed by atoms with Crippen molar-refractivity contribution in [2.45, 2.75) is 26.3 Å². The van der Waals surface area contributed by atoms with Crippen molar-refractivity contribution in [1.82, 2.24) is 4.98 Å². The van der Waals surface area contributed by atoms with Crippen molar-refractivity contribution in [3.63, 3.8) is 0 Å². The van der Waals surface area contributed by atoms with E-state index in [0.717, 1.165) is 11.1 Å². The number of amides is 1. The summed E-state index contributed by atoms with van der Waals surface area (Å²) < 4.78 is 17.4. The Morgan fingerprint density at radius 2 is 1.62 bits per heavy atom. The van der Waals surface area contributed by atoms with Gasteiger partial charge in [0.15, 0.2) is 5.13 Å². The first kappa shape index (κ1) is 26.2. The quantitative estimate of drug-likeness (QED) is 0.154. The smallest absolute Gasteiger partial charge is 0.301 e. The van der Waals surface area contributed by atoms with Gasteiger partial charge in [0.2, 0.25) is 0 Å². The largest absolute Gasteiger partial charge is 0.507 e. The summed E-state index contributed by atoms with van der Waals surface area (Å²) >= 11 is 1.28. The maximum absolute atomic E-state index is 13.5. The van der Waals surface area contributed by atoms with Gasteiger partial charge in [-0.25, -0.2) is 4.98 Å². The Morgan fingerprint density at radius 1 is 0.949 bits per heavy atom. The van der Waals surface area contributed by atoms with Gasteiger partial charge >= 0.3 is 5.91 Å². The standard InChI is InChI=1S/C30H28N2O6S/c1-4-16-38-21-10-6-18(7-11-21)26-25(27(33)19-8-12-20(13-9-19)37-5-2)28(34)29(35)32(26)30-31-23-15-14-22(36-3)17-24(23)39-30/h6-15,17,26,33H,4-5,16H2,1-3H3. The molecule has 8 nitrogen and oxygen atoms in total. The molecule has 0 aliphatic carbocycles. The lowest BCUT2D eigenvalue weighted by Crippen LogP contribution is -2.29. The number of Topliss-reactive ketones (excluding diaryl/α,β-unsaturated/α-hetero) is 1. The summed E-state index contributed by atoms with van der Waals surface area (Å²) in [4.78, 5) is 33.0. The highest BCUT2D eigenvalue weighted by Crippen LogP contribution is 2.45. The average molecular weight is 545 g/mol. The van der Waals surface area contributed by atoms with Crippen LogP contribution in [0.4, 0.5) is 5.13 Å². The molecular formula is C30H28N2O6S. The first-order valence-electron chi connectivity index (χ1n) is 12.7. The summed E-state index contributed by atoms with van der Waals surface area (Å²) in [5.41, 5.74) is 1.70. The van der Waals surface area contributed by atoms with E-state index in [1.165, 1.54) is 16.2 Å². The number of aliphatic hydroxyl groups excluding tert-OH is 1. The Balaban J connectivity index is 1.64. The SMILES string of the molecule is CCCOc1ccc(C2C(=C(O)c3ccc(OCC)cc3)C(=O)C(=O)N2c2nc3ccc(OC)cc3s2)cc1. The molecule has 1 aliphatic rings. The lowest BCUT2D eigenvalue weighted by molar-refractivity contribution is -0.132. The molecule has 1 atom stereocenters.